The van der Waals surface area contributed by atoms with Gasteiger partial charge in [0, 0.05) is 12.5 Å². The molecule has 1 aromatic carbocycles. The molecule has 1 atom stereocenters. The molecule has 21 heavy (non-hydrogen) atoms. The van der Waals surface area contributed by atoms with Crippen LogP contribution >= 0.6 is 11.6 Å². The average molecular weight is 315 g/mol. The fourth-order valence-corrected chi connectivity index (χ4v) is 1.90. The minimum Gasteiger partial charge on any atom is -0.496 e. The second-order valence-corrected chi connectivity index (χ2v) is 5.17. The Labute approximate surface area is 128 Å². The van der Waals surface area contributed by atoms with Crippen LogP contribution in [-0.2, 0) is 4.79 Å². The zero-order valence-corrected chi connectivity index (χ0v) is 12.7. The van der Waals surface area contributed by atoms with Crippen molar-refractivity contribution in [3.8, 4) is 5.75 Å². The molecule has 0 saturated carbocycles. The van der Waals surface area contributed by atoms with E-state index in [1.165, 1.54) is 19.2 Å². The molecule has 0 saturated heterocycles. The van der Waals surface area contributed by atoms with E-state index in [0.717, 1.165) is 0 Å². The van der Waals surface area contributed by atoms with Crippen molar-refractivity contribution in [1.82, 2.24) is 0 Å². The minimum absolute atomic E-state index is 0.0581. The van der Waals surface area contributed by atoms with Crippen molar-refractivity contribution in [2.45, 2.75) is 19.8 Å². The quantitative estimate of drug-likeness (QED) is 0.717. The molecule has 6 nitrogen and oxygen atoms in total. The molecule has 0 heterocycles. The van der Waals surface area contributed by atoms with E-state index in [-0.39, 0.29) is 28.2 Å². The normalized spacial score (nSPS) is 11.8. The Kier molecular flexibility index (Phi) is 6.45. The number of nitrogens with two attached hydrogens (primary N) is 1. The van der Waals surface area contributed by atoms with Gasteiger partial charge in [-0.25, -0.2) is 4.79 Å². The predicted molar refractivity (Wildman–Crippen MR) is 81.0 cm³/mol. The van der Waals surface area contributed by atoms with E-state index < -0.39 is 5.97 Å². The van der Waals surface area contributed by atoms with Gasteiger partial charge in [0.1, 0.15) is 11.3 Å². The average Bonchev–Trinajstić information content (AvgIpc) is 2.46. The molecule has 0 aliphatic carbocycles. The molecule has 0 radical (unpaired) electrons. The minimum atomic E-state index is -1.15. The standard InChI is InChI=1S/C14H19ClN2O4/c1-8(7-16)3-4-13(18)17-11-6-12(21-2)9(14(19)20)5-10(11)15/h5-6,8H,3-4,7,16H2,1-2H3,(H,17,18)(H,19,20). The first-order chi connectivity index (χ1) is 9.88. The summed E-state index contributed by atoms with van der Waals surface area (Å²) in [5.74, 6) is -0.960. The van der Waals surface area contributed by atoms with E-state index in [0.29, 0.717) is 25.1 Å². The van der Waals surface area contributed by atoms with Crippen molar-refractivity contribution in [3.05, 3.63) is 22.7 Å². The maximum absolute atomic E-state index is 11.8. The van der Waals surface area contributed by atoms with E-state index in [2.05, 4.69) is 5.32 Å². The molecule has 0 bridgehead atoms. The number of halogens is 1. The lowest BCUT2D eigenvalue weighted by atomic mass is 10.1. The maximum Gasteiger partial charge on any atom is 0.339 e. The fraction of sp³-hybridized carbons (Fsp3) is 0.429. The van der Waals surface area contributed by atoms with Gasteiger partial charge < -0.3 is 20.9 Å². The second-order valence-electron chi connectivity index (χ2n) is 4.77. The number of benzene rings is 1. The van der Waals surface area contributed by atoms with Crippen molar-refractivity contribution in [1.29, 1.82) is 0 Å². The Morgan fingerprint density at radius 3 is 2.67 bits per heavy atom. The van der Waals surface area contributed by atoms with E-state index in [1.807, 2.05) is 6.92 Å². The summed E-state index contributed by atoms with van der Waals surface area (Å²) in [5.41, 5.74) is 5.76. The van der Waals surface area contributed by atoms with E-state index in [4.69, 9.17) is 27.2 Å². The number of aromatic carboxylic acids is 1. The van der Waals surface area contributed by atoms with Crippen molar-refractivity contribution in [3.63, 3.8) is 0 Å². The van der Waals surface area contributed by atoms with E-state index in [9.17, 15) is 9.59 Å². The molecule has 0 spiro atoms. The van der Waals surface area contributed by atoms with Gasteiger partial charge in [0.15, 0.2) is 0 Å². The number of amides is 1. The van der Waals surface area contributed by atoms with Crippen LogP contribution in [0.5, 0.6) is 5.75 Å². The first-order valence-electron chi connectivity index (χ1n) is 6.49. The van der Waals surface area contributed by atoms with Crippen LogP contribution < -0.4 is 15.8 Å². The molecule has 0 aliphatic rings. The first kappa shape index (κ1) is 17.3. The van der Waals surface area contributed by atoms with Crippen molar-refractivity contribution < 1.29 is 19.4 Å². The molecule has 1 amide bonds. The number of carbonyl (C=O) groups is 2. The number of methoxy groups -OCH3 is 1. The van der Waals surface area contributed by atoms with Gasteiger partial charge in [-0.1, -0.05) is 18.5 Å². The Hall–Kier alpha value is -1.79. The molecule has 0 aliphatic heterocycles. The zero-order valence-electron chi connectivity index (χ0n) is 12.0. The van der Waals surface area contributed by atoms with Crippen LogP contribution in [0.1, 0.15) is 30.1 Å². The van der Waals surface area contributed by atoms with Crippen LogP contribution in [0.25, 0.3) is 0 Å². The highest BCUT2D eigenvalue weighted by atomic mass is 35.5. The van der Waals surface area contributed by atoms with Crippen LogP contribution in [0.4, 0.5) is 5.69 Å². The maximum atomic E-state index is 11.8. The number of hydrogen-bond donors (Lipinski definition) is 3. The number of carboxylic acids is 1. The van der Waals surface area contributed by atoms with Gasteiger partial charge in [-0.15, -0.1) is 0 Å². The molecular formula is C14H19ClN2O4. The SMILES string of the molecule is COc1cc(NC(=O)CCC(C)CN)c(Cl)cc1C(=O)O. The Morgan fingerprint density at radius 1 is 1.48 bits per heavy atom. The third kappa shape index (κ3) is 4.91. The number of carbonyl (C=O) groups excluding carboxylic acids is 1. The molecule has 1 rings (SSSR count). The van der Waals surface area contributed by atoms with Gasteiger partial charge in [0.25, 0.3) is 0 Å². The highest BCUT2D eigenvalue weighted by molar-refractivity contribution is 6.34. The number of nitrogens with one attached hydrogen (secondary N) is 1. The molecule has 1 aromatic rings. The summed E-state index contributed by atoms with van der Waals surface area (Å²) < 4.78 is 4.99. The van der Waals surface area contributed by atoms with Crippen molar-refractivity contribution >= 4 is 29.2 Å². The zero-order chi connectivity index (χ0) is 16.0. The summed E-state index contributed by atoms with van der Waals surface area (Å²) in [6.45, 7) is 2.49. The molecule has 0 fully saturated rings. The Balaban J connectivity index is 2.84. The van der Waals surface area contributed by atoms with Gasteiger partial charge >= 0.3 is 5.97 Å². The largest absolute Gasteiger partial charge is 0.496 e. The van der Waals surface area contributed by atoms with E-state index in [1.54, 1.807) is 0 Å². The summed E-state index contributed by atoms with van der Waals surface area (Å²) in [6.07, 6.45) is 0.988. The van der Waals surface area contributed by atoms with Gasteiger partial charge in [0.2, 0.25) is 5.91 Å². The van der Waals surface area contributed by atoms with E-state index >= 15 is 0 Å². The molecular weight excluding hydrogens is 296 g/mol. The Bertz CT molecular complexity index is 534. The van der Waals surface area contributed by atoms with Crippen LogP contribution in [0.2, 0.25) is 5.02 Å². The van der Waals surface area contributed by atoms with Crippen LogP contribution in [0, 0.1) is 5.92 Å². The summed E-state index contributed by atoms with van der Waals surface area (Å²) in [4.78, 5) is 22.9. The summed E-state index contributed by atoms with van der Waals surface area (Å²) >= 11 is 5.98. The number of ether oxygens (including phenoxy) is 1. The highest BCUT2D eigenvalue weighted by Gasteiger charge is 2.16. The summed E-state index contributed by atoms with van der Waals surface area (Å²) in [6, 6.07) is 2.65. The molecule has 7 heteroatoms. The molecule has 0 aromatic heterocycles. The van der Waals surface area contributed by atoms with Crippen LogP contribution in [-0.4, -0.2) is 30.6 Å². The first-order valence-corrected chi connectivity index (χ1v) is 6.87. The third-order valence-electron chi connectivity index (χ3n) is 3.06. The third-order valence-corrected chi connectivity index (χ3v) is 3.37. The van der Waals surface area contributed by atoms with Crippen molar-refractivity contribution in [2.24, 2.45) is 11.7 Å². The van der Waals surface area contributed by atoms with Crippen molar-refractivity contribution in [2.75, 3.05) is 19.0 Å². The molecule has 1 unspecified atom stereocenters. The summed E-state index contributed by atoms with van der Waals surface area (Å²) in [5, 5.41) is 11.8. The predicted octanol–water partition coefficient (Wildman–Crippen LogP) is 2.36. The van der Waals surface area contributed by atoms with Crippen LogP contribution in [0.3, 0.4) is 0 Å². The lowest BCUT2D eigenvalue weighted by Gasteiger charge is -2.12. The number of hydrogen-bond acceptors (Lipinski definition) is 4. The topological polar surface area (TPSA) is 102 Å². The van der Waals surface area contributed by atoms with Gasteiger partial charge in [-0.05, 0) is 24.9 Å². The van der Waals surface area contributed by atoms with Gasteiger partial charge in [-0.3, -0.25) is 4.79 Å². The van der Waals surface area contributed by atoms with Gasteiger partial charge in [-0.2, -0.15) is 0 Å². The second kappa shape index (κ2) is 7.85. The molecule has 4 N–H and O–H groups in total. The number of anilines is 1. The number of rotatable bonds is 7. The monoisotopic (exact) mass is 314 g/mol. The lowest BCUT2D eigenvalue weighted by molar-refractivity contribution is -0.116. The summed E-state index contributed by atoms with van der Waals surface area (Å²) in [7, 11) is 1.35. The number of carboxylic acid groups (broad SMARTS) is 1. The lowest BCUT2D eigenvalue weighted by Crippen LogP contribution is -2.16. The van der Waals surface area contributed by atoms with Gasteiger partial charge in [0.05, 0.1) is 17.8 Å². The van der Waals surface area contributed by atoms with Crippen LogP contribution in [0.15, 0.2) is 12.1 Å². The Morgan fingerprint density at radius 2 is 2.14 bits per heavy atom. The fourth-order valence-electron chi connectivity index (χ4n) is 1.69. The smallest absolute Gasteiger partial charge is 0.339 e. The molecule has 116 valence electrons. The highest BCUT2D eigenvalue weighted by Crippen LogP contribution is 2.31.